The number of aliphatic hydroxyl groups excluding tert-OH is 1. The zero-order valence-corrected chi connectivity index (χ0v) is 6.50. The van der Waals surface area contributed by atoms with E-state index in [1.165, 1.54) is 0 Å². The second kappa shape index (κ2) is 5.88. The second-order valence-corrected chi connectivity index (χ2v) is 1.80. The van der Waals surface area contributed by atoms with Gasteiger partial charge in [0.15, 0.2) is 6.79 Å². The largest absolute Gasteiger partial charge is 0.435 e. The van der Waals surface area contributed by atoms with Crippen LogP contribution in [0, 0.1) is 0 Å². The van der Waals surface area contributed by atoms with Crippen molar-refractivity contribution in [2.24, 2.45) is 0 Å². The molecule has 11 heavy (non-hydrogen) atoms. The predicted octanol–water partition coefficient (Wildman–Crippen LogP) is 0.0721. The van der Waals surface area contributed by atoms with E-state index >= 15 is 0 Å². The number of aliphatic hydroxyl groups is 1. The van der Waals surface area contributed by atoms with E-state index < -0.39 is 5.97 Å². The number of esters is 1. The highest BCUT2D eigenvalue weighted by atomic mass is 16.7. The van der Waals surface area contributed by atoms with Crippen LogP contribution in [-0.2, 0) is 14.3 Å². The standard InChI is InChI=1S/C7H12O4/c1-3-10-5-11-7(9)6(2)4-8/h8H,2-5H2,1H3. The van der Waals surface area contributed by atoms with E-state index in [-0.39, 0.29) is 19.0 Å². The average molecular weight is 160 g/mol. The highest BCUT2D eigenvalue weighted by molar-refractivity contribution is 5.87. The molecule has 4 nitrogen and oxygen atoms in total. The quantitative estimate of drug-likeness (QED) is 0.267. The summed E-state index contributed by atoms with van der Waals surface area (Å²) in [5.74, 6) is -0.624. The van der Waals surface area contributed by atoms with Crippen molar-refractivity contribution in [2.75, 3.05) is 20.0 Å². The number of hydrogen-bond donors (Lipinski definition) is 1. The number of carbonyl (C=O) groups excluding carboxylic acids is 1. The molecule has 0 atom stereocenters. The molecular weight excluding hydrogens is 148 g/mol. The lowest BCUT2D eigenvalue weighted by molar-refractivity contribution is -0.151. The van der Waals surface area contributed by atoms with Gasteiger partial charge in [-0.1, -0.05) is 6.58 Å². The Labute approximate surface area is 65.4 Å². The van der Waals surface area contributed by atoms with Gasteiger partial charge in [0.1, 0.15) is 0 Å². The van der Waals surface area contributed by atoms with Crippen LogP contribution in [0.25, 0.3) is 0 Å². The Bertz CT molecular complexity index is 141. The number of hydrogen-bond acceptors (Lipinski definition) is 4. The Morgan fingerprint density at radius 3 is 2.73 bits per heavy atom. The number of ether oxygens (including phenoxy) is 2. The van der Waals surface area contributed by atoms with Crippen LogP contribution in [0.3, 0.4) is 0 Å². The van der Waals surface area contributed by atoms with Crippen LogP contribution in [0.15, 0.2) is 12.2 Å². The van der Waals surface area contributed by atoms with Gasteiger partial charge in [0.05, 0.1) is 12.2 Å². The normalized spacial score (nSPS) is 9.27. The summed E-state index contributed by atoms with van der Waals surface area (Å²) in [4.78, 5) is 10.7. The summed E-state index contributed by atoms with van der Waals surface area (Å²) in [6.07, 6.45) is 0. The van der Waals surface area contributed by atoms with Crippen LogP contribution < -0.4 is 0 Å². The van der Waals surface area contributed by atoms with Crippen molar-refractivity contribution in [3.8, 4) is 0 Å². The first-order valence-electron chi connectivity index (χ1n) is 3.25. The van der Waals surface area contributed by atoms with Crippen molar-refractivity contribution in [1.29, 1.82) is 0 Å². The van der Waals surface area contributed by atoms with Gasteiger partial charge in [-0.05, 0) is 6.92 Å². The van der Waals surface area contributed by atoms with E-state index in [0.717, 1.165) is 0 Å². The molecule has 0 saturated carbocycles. The Balaban J connectivity index is 3.44. The van der Waals surface area contributed by atoms with Crippen molar-refractivity contribution in [3.05, 3.63) is 12.2 Å². The minimum Gasteiger partial charge on any atom is -0.435 e. The Kier molecular flexibility index (Phi) is 5.42. The second-order valence-electron chi connectivity index (χ2n) is 1.80. The zero-order chi connectivity index (χ0) is 8.69. The molecule has 0 aliphatic carbocycles. The summed E-state index contributed by atoms with van der Waals surface area (Å²) >= 11 is 0. The fourth-order valence-corrected chi connectivity index (χ4v) is 0.345. The lowest BCUT2D eigenvalue weighted by Gasteiger charge is -2.03. The molecule has 0 aliphatic rings. The van der Waals surface area contributed by atoms with Gasteiger partial charge in [0.25, 0.3) is 0 Å². The third kappa shape index (κ3) is 4.52. The molecule has 0 unspecified atom stereocenters. The highest BCUT2D eigenvalue weighted by Crippen LogP contribution is 1.92. The highest BCUT2D eigenvalue weighted by Gasteiger charge is 2.05. The first-order chi connectivity index (χ1) is 5.22. The summed E-state index contributed by atoms with van der Waals surface area (Å²) in [7, 11) is 0. The maximum absolute atomic E-state index is 10.7. The maximum Gasteiger partial charge on any atom is 0.337 e. The summed E-state index contributed by atoms with van der Waals surface area (Å²) in [5, 5.41) is 8.42. The molecule has 0 radical (unpaired) electrons. The number of rotatable bonds is 5. The zero-order valence-electron chi connectivity index (χ0n) is 6.50. The first-order valence-corrected chi connectivity index (χ1v) is 3.25. The Morgan fingerprint density at radius 2 is 2.27 bits per heavy atom. The van der Waals surface area contributed by atoms with Gasteiger partial charge in [-0.3, -0.25) is 0 Å². The van der Waals surface area contributed by atoms with Crippen molar-refractivity contribution in [3.63, 3.8) is 0 Å². The smallest absolute Gasteiger partial charge is 0.337 e. The summed E-state index contributed by atoms with van der Waals surface area (Å²) in [6, 6.07) is 0. The predicted molar refractivity (Wildman–Crippen MR) is 38.8 cm³/mol. The molecule has 0 bridgehead atoms. The van der Waals surface area contributed by atoms with Crippen molar-refractivity contribution < 1.29 is 19.4 Å². The fraction of sp³-hybridized carbons (Fsp3) is 0.571. The topological polar surface area (TPSA) is 55.8 Å². The maximum atomic E-state index is 10.7. The van der Waals surface area contributed by atoms with Crippen LogP contribution in [0.2, 0.25) is 0 Å². The van der Waals surface area contributed by atoms with Gasteiger partial charge in [-0.25, -0.2) is 4.79 Å². The Morgan fingerprint density at radius 1 is 1.64 bits per heavy atom. The SMILES string of the molecule is C=C(CO)C(=O)OCOCC. The van der Waals surface area contributed by atoms with E-state index in [4.69, 9.17) is 9.84 Å². The van der Waals surface area contributed by atoms with Gasteiger partial charge >= 0.3 is 5.97 Å². The van der Waals surface area contributed by atoms with Gasteiger partial charge in [-0.2, -0.15) is 0 Å². The monoisotopic (exact) mass is 160 g/mol. The molecule has 0 aromatic carbocycles. The molecule has 0 rings (SSSR count). The van der Waals surface area contributed by atoms with Crippen LogP contribution in [0.1, 0.15) is 6.92 Å². The Hall–Kier alpha value is -0.870. The summed E-state index contributed by atoms with van der Waals surface area (Å²) in [5.41, 5.74) is 0.0321. The third-order valence-corrected chi connectivity index (χ3v) is 0.957. The number of carbonyl (C=O) groups is 1. The molecule has 0 saturated heterocycles. The molecule has 0 fully saturated rings. The molecule has 0 aromatic rings. The lowest BCUT2D eigenvalue weighted by Crippen LogP contribution is -2.12. The molecular formula is C7H12O4. The van der Waals surface area contributed by atoms with E-state index in [1.807, 2.05) is 0 Å². The van der Waals surface area contributed by atoms with Gasteiger partial charge in [0, 0.05) is 6.61 Å². The molecule has 0 amide bonds. The van der Waals surface area contributed by atoms with E-state index in [9.17, 15) is 4.79 Å². The summed E-state index contributed by atoms with van der Waals surface area (Å²) in [6.45, 7) is 5.07. The first kappa shape index (κ1) is 10.1. The van der Waals surface area contributed by atoms with Crippen molar-refractivity contribution in [1.82, 2.24) is 0 Å². The van der Waals surface area contributed by atoms with Crippen LogP contribution in [0.5, 0.6) is 0 Å². The van der Waals surface area contributed by atoms with Crippen LogP contribution in [0.4, 0.5) is 0 Å². The molecule has 64 valence electrons. The van der Waals surface area contributed by atoms with Gasteiger partial charge in [0.2, 0.25) is 0 Å². The fourth-order valence-electron chi connectivity index (χ4n) is 0.345. The van der Waals surface area contributed by atoms with E-state index in [0.29, 0.717) is 6.61 Å². The molecule has 0 heterocycles. The van der Waals surface area contributed by atoms with Crippen molar-refractivity contribution >= 4 is 5.97 Å². The lowest BCUT2D eigenvalue weighted by atomic mass is 10.3. The van der Waals surface area contributed by atoms with Gasteiger partial charge < -0.3 is 14.6 Å². The summed E-state index contributed by atoms with van der Waals surface area (Å²) < 4.78 is 9.25. The van der Waals surface area contributed by atoms with E-state index in [1.54, 1.807) is 6.92 Å². The molecule has 0 spiro atoms. The minimum atomic E-state index is -0.624. The molecule has 0 aromatic heterocycles. The minimum absolute atomic E-state index is 0.0321. The van der Waals surface area contributed by atoms with Crippen LogP contribution >= 0.6 is 0 Å². The van der Waals surface area contributed by atoms with Crippen LogP contribution in [-0.4, -0.2) is 31.1 Å². The molecule has 1 N–H and O–H groups in total. The van der Waals surface area contributed by atoms with E-state index in [2.05, 4.69) is 11.3 Å². The van der Waals surface area contributed by atoms with Gasteiger partial charge in [-0.15, -0.1) is 0 Å². The molecule has 0 aliphatic heterocycles. The molecule has 4 heteroatoms. The third-order valence-electron chi connectivity index (χ3n) is 0.957. The average Bonchev–Trinajstić information content (AvgIpc) is 2.03. The van der Waals surface area contributed by atoms with Crippen molar-refractivity contribution in [2.45, 2.75) is 6.92 Å².